The standard InChI is InChI=1S/C24H20O3/c1-2-26-19-14-12-18(13-15-19)24-21(16-25)23(17-8-4-3-5-9-17)20-10-6-7-11-22(20)27-24/h3-16,23H,2H2,1H3. The van der Waals surface area contributed by atoms with Gasteiger partial charge in [0.1, 0.15) is 17.3 Å². The molecule has 1 aliphatic heterocycles. The molecule has 4 rings (SSSR count). The number of aldehydes is 1. The van der Waals surface area contributed by atoms with Crippen molar-refractivity contribution in [1.82, 2.24) is 0 Å². The van der Waals surface area contributed by atoms with Crippen molar-refractivity contribution >= 4 is 12.0 Å². The second kappa shape index (κ2) is 7.50. The zero-order chi connectivity index (χ0) is 18.6. The van der Waals surface area contributed by atoms with Crippen LogP contribution in [0.2, 0.25) is 0 Å². The molecule has 1 unspecified atom stereocenters. The molecule has 1 heterocycles. The maximum atomic E-state index is 12.1. The molecule has 0 saturated heterocycles. The smallest absolute Gasteiger partial charge is 0.150 e. The molecule has 27 heavy (non-hydrogen) atoms. The Morgan fingerprint density at radius 2 is 1.63 bits per heavy atom. The molecule has 1 aliphatic rings. The molecule has 3 aromatic carbocycles. The summed E-state index contributed by atoms with van der Waals surface area (Å²) < 4.78 is 11.7. The Bertz CT molecular complexity index is 972. The first kappa shape index (κ1) is 17.1. The quantitative estimate of drug-likeness (QED) is 0.588. The van der Waals surface area contributed by atoms with E-state index in [2.05, 4.69) is 0 Å². The average molecular weight is 356 g/mol. The molecule has 0 amide bonds. The van der Waals surface area contributed by atoms with E-state index in [1.54, 1.807) is 0 Å². The molecule has 1 atom stereocenters. The molecular weight excluding hydrogens is 336 g/mol. The molecule has 0 saturated carbocycles. The highest BCUT2D eigenvalue weighted by Gasteiger charge is 2.31. The summed E-state index contributed by atoms with van der Waals surface area (Å²) in [5.74, 6) is 2.02. The van der Waals surface area contributed by atoms with E-state index < -0.39 is 0 Å². The third-order valence-electron chi connectivity index (χ3n) is 4.70. The highest BCUT2D eigenvalue weighted by Crippen LogP contribution is 2.44. The minimum atomic E-state index is -0.157. The predicted octanol–water partition coefficient (Wildman–Crippen LogP) is 5.22. The van der Waals surface area contributed by atoms with Gasteiger partial charge in [0.2, 0.25) is 0 Å². The lowest BCUT2D eigenvalue weighted by molar-refractivity contribution is -0.105. The summed E-state index contributed by atoms with van der Waals surface area (Å²) in [5, 5.41) is 0. The highest BCUT2D eigenvalue weighted by molar-refractivity contribution is 5.91. The predicted molar refractivity (Wildman–Crippen MR) is 106 cm³/mol. The number of benzene rings is 3. The Hall–Kier alpha value is -3.33. The van der Waals surface area contributed by atoms with Crippen molar-refractivity contribution in [1.29, 1.82) is 0 Å². The summed E-state index contributed by atoms with van der Waals surface area (Å²) in [4.78, 5) is 12.1. The first-order valence-corrected chi connectivity index (χ1v) is 9.06. The van der Waals surface area contributed by atoms with Gasteiger partial charge < -0.3 is 9.47 Å². The summed E-state index contributed by atoms with van der Waals surface area (Å²) >= 11 is 0. The third kappa shape index (κ3) is 3.24. The van der Waals surface area contributed by atoms with Gasteiger partial charge in [0.05, 0.1) is 6.61 Å². The van der Waals surface area contributed by atoms with Crippen LogP contribution in [0, 0.1) is 0 Å². The summed E-state index contributed by atoms with van der Waals surface area (Å²) in [7, 11) is 0. The Kier molecular flexibility index (Phi) is 4.75. The van der Waals surface area contributed by atoms with Crippen molar-refractivity contribution in [3.63, 3.8) is 0 Å². The van der Waals surface area contributed by atoms with Crippen LogP contribution < -0.4 is 9.47 Å². The topological polar surface area (TPSA) is 35.5 Å². The van der Waals surface area contributed by atoms with E-state index in [0.29, 0.717) is 17.9 Å². The lowest BCUT2D eigenvalue weighted by atomic mass is 9.82. The molecule has 0 spiro atoms. The summed E-state index contributed by atoms with van der Waals surface area (Å²) in [6.45, 7) is 2.56. The van der Waals surface area contributed by atoms with Gasteiger partial charge in [0.25, 0.3) is 0 Å². The number of hydrogen-bond acceptors (Lipinski definition) is 3. The van der Waals surface area contributed by atoms with Crippen LogP contribution in [0.3, 0.4) is 0 Å². The number of hydrogen-bond donors (Lipinski definition) is 0. The lowest BCUT2D eigenvalue weighted by Crippen LogP contribution is -2.17. The number of fused-ring (bicyclic) bond motifs is 1. The second-order valence-corrected chi connectivity index (χ2v) is 6.34. The molecule has 0 aromatic heterocycles. The number of ether oxygens (including phenoxy) is 2. The molecule has 0 radical (unpaired) electrons. The Balaban J connectivity index is 1.87. The number of allylic oxidation sites excluding steroid dienone is 1. The summed E-state index contributed by atoms with van der Waals surface area (Å²) in [6.07, 6.45) is 0.916. The van der Waals surface area contributed by atoms with Crippen LogP contribution in [-0.4, -0.2) is 12.9 Å². The largest absolute Gasteiger partial charge is 0.494 e. The maximum Gasteiger partial charge on any atom is 0.150 e. The van der Waals surface area contributed by atoms with Gasteiger partial charge in [-0.1, -0.05) is 48.5 Å². The van der Waals surface area contributed by atoms with Crippen LogP contribution in [0.1, 0.15) is 29.5 Å². The Morgan fingerprint density at radius 3 is 2.33 bits per heavy atom. The molecule has 3 heteroatoms. The molecule has 3 nitrogen and oxygen atoms in total. The van der Waals surface area contributed by atoms with Crippen LogP contribution in [0.15, 0.2) is 84.4 Å². The van der Waals surface area contributed by atoms with Gasteiger partial charge in [-0.3, -0.25) is 4.79 Å². The Morgan fingerprint density at radius 1 is 0.926 bits per heavy atom. The normalized spacial score (nSPS) is 15.7. The van der Waals surface area contributed by atoms with Gasteiger partial charge in [-0.25, -0.2) is 0 Å². The molecule has 3 aromatic rings. The zero-order valence-electron chi connectivity index (χ0n) is 15.1. The van der Waals surface area contributed by atoms with E-state index in [1.807, 2.05) is 85.8 Å². The van der Waals surface area contributed by atoms with E-state index in [4.69, 9.17) is 9.47 Å². The first-order chi connectivity index (χ1) is 13.3. The van der Waals surface area contributed by atoms with Crippen molar-refractivity contribution in [3.8, 4) is 11.5 Å². The van der Waals surface area contributed by atoms with Crippen molar-refractivity contribution in [3.05, 3.63) is 101 Å². The van der Waals surface area contributed by atoms with E-state index in [9.17, 15) is 4.79 Å². The van der Waals surface area contributed by atoms with Crippen LogP contribution in [0.25, 0.3) is 5.76 Å². The van der Waals surface area contributed by atoms with Crippen LogP contribution >= 0.6 is 0 Å². The minimum Gasteiger partial charge on any atom is -0.494 e. The summed E-state index contributed by atoms with van der Waals surface area (Å²) in [5.41, 5.74) is 3.55. The van der Waals surface area contributed by atoms with Crippen molar-refractivity contribution in [2.45, 2.75) is 12.8 Å². The maximum absolute atomic E-state index is 12.1. The van der Waals surface area contributed by atoms with Crippen LogP contribution in [-0.2, 0) is 4.79 Å². The van der Waals surface area contributed by atoms with E-state index in [0.717, 1.165) is 34.5 Å². The van der Waals surface area contributed by atoms with Gasteiger partial charge >= 0.3 is 0 Å². The average Bonchev–Trinajstić information content (AvgIpc) is 2.73. The van der Waals surface area contributed by atoms with Gasteiger partial charge in [-0.15, -0.1) is 0 Å². The Labute approximate surface area is 158 Å². The first-order valence-electron chi connectivity index (χ1n) is 9.06. The third-order valence-corrected chi connectivity index (χ3v) is 4.70. The number of rotatable bonds is 5. The summed E-state index contributed by atoms with van der Waals surface area (Å²) in [6, 6.07) is 25.6. The van der Waals surface area contributed by atoms with Crippen molar-refractivity contribution < 1.29 is 14.3 Å². The monoisotopic (exact) mass is 356 g/mol. The fourth-order valence-corrected chi connectivity index (χ4v) is 3.50. The van der Waals surface area contributed by atoms with Gasteiger partial charge in [0, 0.05) is 22.6 Å². The molecule has 134 valence electrons. The lowest BCUT2D eigenvalue weighted by Gasteiger charge is -2.29. The van der Waals surface area contributed by atoms with E-state index >= 15 is 0 Å². The molecular formula is C24H20O3. The molecule has 0 N–H and O–H groups in total. The number of carbonyl (C=O) groups excluding carboxylic acids is 1. The van der Waals surface area contributed by atoms with E-state index in [-0.39, 0.29) is 5.92 Å². The van der Waals surface area contributed by atoms with Crippen molar-refractivity contribution in [2.75, 3.05) is 6.61 Å². The van der Waals surface area contributed by atoms with E-state index in [1.165, 1.54) is 0 Å². The van der Waals surface area contributed by atoms with Gasteiger partial charge in [0.15, 0.2) is 6.29 Å². The fraction of sp³-hybridized carbons (Fsp3) is 0.125. The second-order valence-electron chi connectivity index (χ2n) is 6.34. The zero-order valence-corrected chi connectivity index (χ0v) is 15.1. The van der Waals surface area contributed by atoms with Gasteiger partial charge in [-0.2, -0.15) is 0 Å². The molecule has 0 aliphatic carbocycles. The number of carbonyl (C=O) groups is 1. The van der Waals surface area contributed by atoms with Crippen molar-refractivity contribution in [2.24, 2.45) is 0 Å². The minimum absolute atomic E-state index is 0.157. The van der Waals surface area contributed by atoms with Crippen LogP contribution in [0.4, 0.5) is 0 Å². The highest BCUT2D eigenvalue weighted by atomic mass is 16.5. The SMILES string of the molecule is CCOc1ccc(C2=C(C=O)C(c3ccccc3)c3ccccc3O2)cc1. The number of para-hydroxylation sites is 1. The molecule has 0 bridgehead atoms. The molecule has 0 fully saturated rings. The fourth-order valence-electron chi connectivity index (χ4n) is 3.50. The van der Waals surface area contributed by atoms with Gasteiger partial charge in [-0.05, 0) is 42.8 Å². The van der Waals surface area contributed by atoms with Crippen LogP contribution in [0.5, 0.6) is 11.5 Å².